The maximum absolute atomic E-state index is 13.4. The summed E-state index contributed by atoms with van der Waals surface area (Å²) in [6, 6.07) is 13.7. The molecule has 4 rings (SSSR count). The molecule has 2 aliphatic rings. The molecular formula is C35H41O4+. The van der Waals surface area contributed by atoms with Gasteiger partial charge in [0.15, 0.2) is 0 Å². The van der Waals surface area contributed by atoms with E-state index in [2.05, 4.69) is 62.3 Å². The monoisotopic (exact) mass is 525 g/mol. The van der Waals surface area contributed by atoms with Crippen molar-refractivity contribution in [2.45, 2.75) is 74.7 Å². The van der Waals surface area contributed by atoms with Gasteiger partial charge < -0.3 is 9.84 Å². The Bertz CT molecular complexity index is 1440. The van der Waals surface area contributed by atoms with Gasteiger partial charge in [0.05, 0.1) is 28.2 Å². The van der Waals surface area contributed by atoms with Crippen LogP contribution in [0.4, 0.5) is 0 Å². The van der Waals surface area contributed by atoms with Crippen LogP contribution in [0.25, 0.3) is 17.4 Å². The number of hydrogen-bond donors (Lipinski definition) is 1. The summed E-state index contributed by atoms with van der Waals surface area (Å²) in [4.78, 5) is 13.4. The fourth-order valence-electron chi connectivity index (χ4n) is 4.39. The van der Waals surface area contributed by atoms with Crippen molar-refractivity contribution in [1.29, 1.82) is 0 Å². The average Bonchev–Trinajstić information content (AvgIpc) is 2.86. The van der Waals surface area contributed by atoms with Crippen molar-refractivity contribution in [3.05, 3.63) is 106 Å². The first-order valence-corrected chi connectivity index (χ1v) is 13.5. The molecule has 0 saturated carbocycles. The van der Waals surface area contributed by atoms with Crippen LogP contribution in [-0.4, -0.2) is 10.9 Å². The lowest BCUT2D eigenvalue weighted by Gasteiger charge is -2.33. The molecule has 39 heavy (non-hydrogen) atoms. The van der Waals surface area contributed by atoms with Crippen molar-refractivity contribution in [1.82, 2.24) is 0 Å². The molecule has 1 aromatic heterocycles. The van der Waals surface area contributed by atoms with E-state index >= 15 is 0 Å². The molecule has 1 aromatic carbocycles. The standard InChI is InChI=1S/C35H40O4/c1-21(24-19-28(34(5,6)7)39-29(20-24)35(8,9)10)30-31(36)25(32(30)37)16-22-17-26(23-14-12-11-13-15-23)38-27(18-22)33(2,3)4/h11-20H,1-10H3/p+1. The maximum atomic E-state index is 13.4. The van der Waals surface area contributed by atoms with E-state index < -0.39 is 0 Å². The van der Waals surface area contributed by atoms with Crippen LogP contribution in [0.1, 0.15) is 80.6 Å². The molecule has 4 heteroatoms. The molecule has 0 fully saturated rings. The molecule has 1 aliphatic carbocycles. The first kappa shape index (κ1) is 28.4. The van der Waals surface area contributed by atoms with Gasteiger partial charge in [0, 0.05) is 16.9 Å². The number of hydrogen-bond acceptors (Lipinski definition) is 3. The summed E-state index contributed by atoms with van der Waals surface area (Å²) >= 11 is 0. The van der Waals surface area contributed by atoms with Crippen LogP contribution in [-0.2, 0) is 14.9 Å². The Balaban J connectivity index is 1.81. The molecule has 1 aliphatic heterocycles. The van der Waals surface area contributed by atoms with Crippen LogP contribution < -0.4 is 0 Å². The summed E-state index contributed by atoms with van der Waals surface area (Å²) in [6.07, 6.45) is 5.73. The fraction of sp³-hybridized carbons (Fsp3) is 0.371. The van der Waals surface area contributed by atoms with Gasteiger partial charge in [-0.15, -0.1) is 0 Å². The molecule has 0 amide bonds. The van der Waals surface area contributed by atoms with Crippen molar-refractivity contribution in [3.63, 3.8) is 0 Å². The molecule has 1 N–H and O–H groups in total. The number of carbonyl (C=O) groups is 1. The highest BCUT2D eigenvalue weighted by Gasteiger charge is 2.37. The second-order valence-corrected chi connectivity index (χ2v) is 13.5. The molecule has 0 atom stereocenters. The third kappa shape index (κ3) is 5.85. The SMILES string of the molecule is CC(=C1C=C(C(C)(C)C)OC(C(C)(C)C)=C1)C1=C(O)C(=Cc2cc(-c3ccccc3)[o+]c(C(C)(C)C)c2)C1=O. The van der Waals surface area contributed by atoms with E-state index in [1.165, 1.54) is 0 Å². The second kappa shape index (κ2) is 9.82. The quantitative estimate of drug-likeness (QED) is 0.320. The molecule has 0 radical (unpaired) electrons. The average molecular weight is 526 g/mol. The van der Waals surface area contributed by atoms with Crippen LogP contribution in [0.2, 0.25) is 0 Å². The molecule has 2 aromatic rings. The predicted molar refractivity (Wildman–Crippen MR) is 159 cm³/mol. The van der Waals surface area contributed by atoms with Gasteiger partial charge in [-0.3, -0.25) is 4.79 Å². The van der Waals surface area contributed by atoms with Gasteiger partial charge in [0.1, 0.15) is 17.3 Å². The van der Waals surface area contributed by atoms with Gasteiger partial charge >= 0.3 is 11.5 Å². The molecule has 0 bridgehead atoms. The van der Waals surface area contributed by atoms with Crippen molar-refractivity contribution >= 4 is 11.9 Å². The maximum Gasteiger partial charge on any atom is 0.360 e. The molecule has 0 saturated heterocycles. The fourth-order valence-corrected chi connectivity index (χ4v) is 4.39. The number of carbonyl (C=O) groups excluding carboxylic acids is 1. The Kier molecular flexibility index (Phi) is 7.14. The lowest BCUT2D eigenvalue weighted by Crippen LogP contribution is -2.25. The third-order valence-corrected chi connectivity index (χ3v) is 6.97. The zero-order chi connectivity index (χ0) is 28.9. The van der Waals surface area contributed by atoms with Crippen molar-refractivity contribution in [3.8, 4) is 11.3 Å². The Hall–Kier alpha value is -3.66. The van der Waals surface area contributed by atoms with Crippen LogP contribution >= 0.6 is 0 Å². The van der Waals surface area contributed by atoms with Gasteiger partial charge in [-0.25, -0.2) is 4.42 Å². The number of aliphatic hydroxyl groups excluding tert-OH is 1. The minimum absolute atomic E-state index is 0.0206. The number of benzene rings is 1. The Labute approximate surface area is 233 Å². The summed E-state index contributed by atoms with van der Waals surface area (Å²) in [5.74, 6) is 3.04. The number of ketones is 1. The van der Waals surface area contributed by atoms with Crippen LogP contribution in [0.15, 0.2) is 98.6 Å². The normalized spacial score (nSPS) is 17.5. The number of rotatable bonds is 3. The predicted octanol–water partition coefficient (Wildman–Crippen LogP) is 9.51. The van der Waals surface area contributed by atoms with E-state index in [1.807, 2.05) is 61.5 Å². The highest BCUT2D eigenvalue weighted by atomic mass is 16.5. The highest BCUT2D eigenvalue weighted by Crippen LogP contribution is 2.43. The largest absolute Gasteiger partial charge is 0.506 e. The first-order chi connectivity index (χ1) is 18.0. The molecular weight excluding hydrogens is 484 g/mol. The minimum Gasteiger partial charge on any atom is -0.506 e. The van der Waals surface area contributed by atoms with Crippen molar-refractivity contribution in [2.24, 2.45) is 10.8 Å². The summed E-state index contributed by atoms with van der Waals surface area (Å²) < 4.78 is 12.5. The number of allylic oxidation sites excluding steroid dienone is 8. The number of Topliss-reactive ketones (excluding diaryl/α,β-unsaturated/α-hetero) is 1. The van der Waals surface area contributed by atoms with Crippen LogP contribution in [0.3, 0.4) is 0 Å². The van der Waals surface area contributed by atoms with Gasteiger partial charge in [0.2, 0.25) is 5.78 Å². The summed E-state index contributed by atoms with van der Waals surface area (Å²) in [5.41, 5.74) is 3.39. The lowest BCUT2D eigenvalue weighted by atomic mass is 9.79. The number of ether oxygens (including phenoxy) is 1. The first-order valence-electron chi connectivity index (χ1n) is 13.5. The molecule has 0 unspecified atom stereocenters. The highest BCUT2D eigenvalue weighted by molar-refractivity contribution is 6.24. The lowest BCUT2D eigenvalue weighted by molar-refractivity contribution is -0.113. The van der Waals surface area contributed by atoms with E-state index in [0.717, 1.165) is 39.6 Å². The van der Waals surface area contributed by atoms with Crippen molar-refractivity contribution in [2.75, 3.05) is 0 Å². The van der Waals surface area contributed by atoms with E-state index in [1.54, 1.807) is 6.08 Å². The Morgan fingerprint density at radius 2 is 1.41 bits per heavy atom. The smallest absolute Gasteiger partial charge is 0.360 e. The molecule has 0 spiro atoms. The van der Waals surface area contributed by atoms with E-state index in [-0.39, 0.29) is 27.8 Å². The number of aliphatic hydroxyl groups is 1. The van der Waals surface area contributed by atoms with Crippen LogP contribution in [0.5, 0.6) is 0 Å². The Morgan fingerprint density at radius 1 is 0.846 bits per heavy atom. The van der Waals surface area contributed by atoms with Gasteiger partial charge in [-0.2, -0.15) is 0 Å². The van der Waals surface area contributed by atoms with Gasteiger partial charge in [-0.05, 0) is 74.8 Å². The van der Waals surface area contributed by atoms with Gasteiger partial charge in [0.25, 0.3) is 0 Å². The zero-order valence-electron chi connectivity index (χ0n) is 24.9. The molecule has 2 heterocycles. The second-order valence-electron chi connectivity index (χ2n) is 13.5. The minimum atomic E-state index is -0.233. The Morgan fingerprint density at radius 3 is 1.90 bits per heavy atom. The zero-order valence-corrected chi connectivity index (χ0v) is 24.9. The summed E-state index contributed by atoms with van der Waals surface area (Å²) in [7, 11) is 0. The van der Waals surface area contributed by atoms with E-state index in [9.17, 15) is 9.90 Å². The topological polar surface area (TPSA) is 57.8 Å². The molecule has 4 nitrogen and oxygen atoms in total. The van der Waals surface area contributed by atoms with Gasteiger partial charge in [-0.1, -0.05) is 59.7 Å². The van der Waals surface area contributed by atoms with E-state index in [0.29, 0.717) is 16.9 Å². The third-order valence-electron chi connectivity index (χ3n) is 6.97. The summed E-state index contributed by atoms with van der Waals surface area (Å²) in [5, 5.41) is 11.1. The molecule has 204 valence electrons. The van der Waals surface area contributed by atoms with E-state index in [4.69, 9.17) is 9.15 Å². The van der Waals surface area contributed by atoms with Crippen LogP contribution in [0, 0.1) is 10.8 Å². The summed E-state index contributed by atoms with van der Waals surface area (Å²) in [6.45, 7) is 20.8. The van der Waals surface area contributed by atoms with Crippen molar-refractivity contribution < 1.29 is 19.1 Å².